The summed E-state index contributed by atoms with van der Waals surface area (Å²) in [5, 5.41) is 3.18. The predicted octanol–water partition coefficient (Wildman–Crippen LogP) is 1.78. The van der Waals surface area contributed by atoms with Crippen molar-refractivity contribution in [1.29, 1.82) is 0 Å². The van der Waals surface area contributed by atoms with Crippen molar-refractivity contribution >= 4 is 0 Å². The molecule has 0 fully saturated rings. The number of nitrogens with one attached hydrogen (secondary N) is 1. The number of rotatable bonds is 10. The molecule has 0 heterocycles. The Bertz CT molecular complexity index is 79.0. The molecule has 0 rings (SSSR count). The van der Waals surface area contributed by atoms with Gasteiger partial charge >= 0.3 is 0 Å². The van der Waals surface area contributed by atoms with Crippen molar-refractivity contribution < 1.29 is 9.47 Å². The maximum absolute atomic E-state index is 5.24. The average molecular weight is 189 g/mol. The molecule has 13 heavy (non-hydrogen) atoms. The third-order valence-electron chi connectivity index (χ3n) is 1.84. The molecule has 3 nitrogen and oxygen atoms in total. The maximum atomic E-state index is 5.24. The van der Waals surface area contributed by atoms with Gasteiger partial charge in [0.25, 0.3) is 0 Å². The predicted molar refractivity (Wildman–Crippen MR) is 54.8 cm³/mol. The molecule has 0 saturated heterocycles. The number of ether oxygens (including phenoxy) is 2. The monoisotopic (exact) mass is 189 g/mol. The summed E-state index contributed by atoms with van der Waals surface area (Å²) in [5.41, 5.74) is 0. The van der Waals surface area contributed by atoms with E-state index in [0.29, 0.717) is 6.73 Å². The van der Waals surface area contributed by atoms with Crippen molar-refractivity contribution in [2.24, 2.45) is 0 Å². The zero-order valence-corrected chi connectivity index (χ0v) is 8.97. The number of methoxy groups -OCH3 is 1. The zero-order chi connectivity index (χ0) is 9.78. The van der Waals surface area contributed by atoms with Gasteiger partial charge in [-0.15, -0.1) is 0 Å². The summed E-state index contributed by atoms with van der Waals surface area (Å²) in [6, 6.07) is 0. The summed E-state index contributed by atoms with van der Waals surface area (Å²) in [6.45, 7) is 5.52. The van der Waals surface area contributed by atoms with Gasteiger partial charge in [0.2, 0.25) is 0 Å². The van der Waals surface area contributed by atoms with Gasteiger partial charge in [0, 0.05) is 20.3 Å². The van der Waals surface area contributed by atoms with E-state index in [4.69, 9.17) is 9.47 Å². The smallest absolute Gasteiger partial charge is 0.0961 e. The van der Waals surface area contributed by atoms with E-state index in [1.54, 1.807) is 7.11 Å². The van der Waals surface area contributed by atoms with Crippen molar-refractivity contribution in [2.75, 3.05) is 33.6 Å². The van der Waals surface area contributed by atoms with Crippen molar-refractivity contribution in [3.8, 4) is 0 Å². The van der Waals surface area contributed by atoms with Crippen LogP contribution in [0.25, 0.3) is 0 Å². The normalized spacial score (nSPS) is 10.6. The third kappa shape index (κ3) is 11.9. The van der Waals surface area contributed by atoms with Crippen molar-refractivity contribution in [2.45, 2.75) is 32.6 Å². The van der Waals surface area contributed by atoms with Gasteiger partial charge in [-0.05, 0) is 26.3 Å². The molecule has 0 radical (unpaired) electrons. The van der Waals surface area contributed by atoms with Gasteiger partial charge in [-0.3, -0.25) is 5.32 Å². The van der Waals surface area contributed by atoms with Crippen LogP contribution in [0, 0.1) is 0 Å². The number of unbranched alkanes of at least 4 members (excludes halogenated alkanes) is 3. The molecule has 3 heteroatoms. The van der Waals surface area contributed by atoms with E-state index in [-0.39, 0.29) is 0 Å². The van der Waals surface area contributed by atoms with Crippen LogP contribution in [0.1, 0.15) is 32.6 Å². The van der Waals surface area contributed by atoms with E-state index in [1.165, 1.54) is 25.7 Å². The van der Waals surface area contributed by atoms with E-state index in [9.17, 15) is 0 Å². The summed E-state index contributed by atoms with van der Waals surface area (Å²) in [7, 11) is 1.70. The quantitative estimate of drug-likeness (QED) is 0.420. The topological polar surface area (TPSA) is 30.5 Å². The highest BCUT2D eigenvalue weighted by molar-refractivity contribution is 4.45. The molecule has 0 bridgehead atoms. The highest BCUT2D eigenvalue weighted by Gasteiger charge is 1.90. The van der Waals surface area contributed by atoms with E-state index in [1.807, 2.05) is 6.92 Å². The van der Waals surface area contributed by atoms with E-state index >= 15 is 0 Å². The van der Waals surface area contributed by atoms with Crippen LogP contribution in [-0.4, -0.2) is 33.6 Å². The SMILES string of the molecule is CCOCCCCCCNCOC. The Morgan fingerprint density at radius 3 is 2.54 bits per heavy atom. The first kappa shape index (κ1) is 12.9. The third-order valence-corrected chi connectivity index (χ3v) is 1.84. The molecular weight excluding hydrogens is 166 g/mol. The lowest BCUT2D eigenvalue weighted by molar-refractivity contribution is 0.142. The highest BCUT2D eigenvalue weighted by Crippen LogP contribution is 1.98. The summed E-state index contributed by atoms with van der Waals surface area (Å²) in [6.07, 6.45) is 4.98. The van der Waals surface area contributed by atoms with Crippen molar-refractivity contribution in [1.82, 2.24) is 5.32 Å². The van der Waals surface area contributed by atoms with E-state index < -0.39 is 0 Å². The fourth-order valence-corrected chi connectivity index (χ4v) is 1.13. The first-order valence-corrected chi connectivity index (χ1v) is 5.19. The minimum Gasteiger partial charge on any atom is -0.382 e. The molecule has 0 spiro atoms. The molecule has 0 atom stereocenters. The second-order valence-electron chi connectivity index (χ2n) is 3.04. The van der Waals surface area contributed by atoms with E-state index in [0.717, 1.165) is 19.8 Å². The molecule has 0 aliphatic rings. The second kappa shape index (κ2) is 11.9. The van der Waals surface area contributed by atoms with Gasteiger partial charge in [-0.25, -0.2) is 0 Å². The van der Waals surface area contributed by atoms with Crippen LogP contribution in [0.4, 0.5) is 0 Å². The molecule has 0 aromatic carbocycles. The van der Waals surface area contributed by atoms with Gasteiger partial charge in [0.1, 0.15) is 0 Å². The largest absolute Gasteiger partial charge is 0.382 e. The minimum atomic E-state index is 0.666. The molecule has 0 aliphatic heterocycles. The Morgan fingerprint density at radius 2 is 1.85 bits per heavy atom. The molecule has 0 aromatic rings. The molecule has 1 N–H and O–H groups in total. The van der Waals surface area contributed by atoms with Gasteiger partial charge in [-0.2, -0.15) is 0 Å². The highest BCUT2D eigenvalue weighted by atomic mass is 16.5. The number of hydrogen-bond donors (Lipinski definition) is 1. The molecule has 0 aromatic heterocycles. The fourth-order valence-electron chi connectivity index (χ4n) is 1.13. The van der Waals surface area contributed by atoms with Crippen LogP contribution in [0.3, 0.4) is 0 Å². The Kier molecular flexibility index (Phi) is 11.8. The van der Waals surface area contributed by atoms with Crippen LogP contribution in [0.5, 0.6) is 0 Å². The lowest BCUT2D eigenvalue weighted by Gasteiger charge is -2.03. The first-order chi connectivity index (χ1) is 6.41. The van der Waals surface area contributed by atoms with Crippen LogP contribution >= 0.6 is 0 Å². The number of hydrogen-bond acceptors (Lipinski definition) is 3. The summed E-state index contributed by atoms with van der Waals surface area (Å²) in [5.74, 6) is 0. The van der Waals surface area contributed by atoms with Crippen molar-refractivity contribution in [3.63, 3.8) is 0 Å². The van der Waals surface area contributed by atoms with E-state index in [2.05, 4.69) is 5.32 Å². The zero-order valence-electron chi connectivity index (χ0n) is 8.97. The molecule has 0 unspecified atom stereocenters. The Morgan fingerprint density at radius 1 is 1.08 bits per heavy atom. The minimum absolute atomic E-state index is 0.666. The van der Waals surface area contributed by atoms with Gasteiger partial charge in [-0.1, -0.05) is 12.8 Å². The first-order valence-electron chi connectivity index (χ1n) is 5.19. The van der Waals surface area contributed by atoms with Crippen LogP contribution in [0.2, 0.25) is 0 Å². The molecule has 0 amide bonds. The summed E-state index contributed by atoms with van der Waals surface area (Å²) >= 11 is 0. The van der Waals surface area contributed by atoms with Gasteiger partial charge < -0.3 is 9.47 Å². The summed E-state index contributed by atoms with van der Waals surface area (Å²) < 4.78 is 10.1. The second-order valence-corrected chi connectivity index (χ2v) is 3.04. The van der Waals surface area contributed by atoms with Gasteiger partial charge in [0.15, 0.2) is 0 Å². The Hall–Kier alpha value is -0.120. The Balaban J connectivity index is 2.76. The van der Waals surface area contributed by atoms with Gasteiger partial charge in [0.05, 0.1) is 6.73 Å². The van der Waals surface area contributed by atoms with Crippen LogP contribution in [-0.2, 0) is 9.47 Å². The molecular formula is C10H23NO2. The average Bonchev–Trinajstić information content (AvgIpc) is 2.16. The Labute approximate surface area is 81.8 Å². The molecule has 0 aliphatic carbocycles. The van der Waals surface area contributed by atoms with Crippen molar-refractivity contribution in [3.05, 3.63) is 0 Å². The molecule has 80 valence electrons. The van der Waals surface area contributed by atoms with Crippen LogP contribution < -0.4 is 5.32 Å². The van der Waals surface area contributed by atoms with Crippen LogP contribution in [0.15, 0.2) is 0 Å². The summed E-state index contributed by atoms with van der Waals surface area (Å²) in [4.78, 5) is 0. The maximum Gasteiger partial charge on any atom is 0.0961 e. The standard InChI is InChI=1S/C10H23NO2/c1-3-13-9-7-5-4-6-8-11-10-12-2/h11H,3-10H2,1-2H3. The lowest BCUT2D eigenvalue weighted by Crippen LogP contribution is -2.17. The lowest BCUT2D eigenvalue weighted by atomic mass is 10.2. The fraction of sp³-hybridized carbons (Fsp3) is 1.00. The molecule has 0 saturated carbocycles.